The molecule has 2 amide bonds. The molecule has 1 aromatic heterocycles. The highest BCUT2D eigenvalue weighted by Crippen LogP contribution is 2.27. The van der Waals surface area contributed by atoms with Gasteiger partial charge in [-0.1, -0.05) is 12.1 Å². The molecule has 124 valence electrons. The molecular weight excluding hydrogens is 329 g/mol. The molecule has 3 rings (SSSR count). The van der Waals surface area contributed by atoms with Crippen LogP contribution in [0.5, 0.6) is 0 Å². The number of aromatic nitrogens is 1. The third-order valence-corrected chi connectivity index (χ3v) is 3.39. The van der Waals surface area contributed by atoms with Crippen LogP contribution in [-0.4, -0.2) is 21.9 Å². The van der Waals surface area contributed by atoms with Gasteiger partial charge in [0, 0.05) is 6.20 Å². The van der Waals surface area contributed by atoms with E-state index in [2.05, 4.69) is 0 Å². The van der Waals surface area contributed by atoms with E-state index in [0.29, 0.717) is 11.1 Å². The summed E-state index contributed by atoms with van der Waals surface area (Å²) in [4.78, 5) is 42.3. The topological polar surface area (TPSA) is 79.5 Å². The number of halogens is 3. The zero-order chi connectivity index (χ0) is 17.5. The van der Waals surface area contributed by atoms with Crippen molar-refractivity contribution in [3.63, 3.8) is 0 Å². The van der Waals surface area contributed by atoms with E-state index < -0.39 is 35.7 Å². The van der Waals surface area contributed by atoms with Gasteiger partial charge in [-0.05, 0) is 23.8 Å². The van der Waals surface area contributed by atoms with Gasteiger partial charge in [-0.25, -0.2) is 0 Å². The zero-order valence-corrected chi connectivity index (χ0v) is 11.9. The summed E-state index contributed by atoms with van der Waals surface area (Å²) < 4.78 is 38.1. The summed E-state index contributed by atoms with van der Waals surface area (Å²) in [5, 5.41) is 0.489. The lowest BCUT2D eigenvalue weighted by Gasteiger charge is -2.14. The number of hydroxylamine groups is 2. The minimum atomic E-state index is -4.82. The summed E-state index contributed by atoms with van der Waals surface area (Å²) in [5.41, 5.74) is -2.41. The lowest BCUT2D eigenvalue weighted by Crippen LogP contribution is -2.30. The summed E-state index contributed by atoms with van der Waals surface area (Å²) in [6, 6.07) is 6.65. The molecule has 1 aliphatic rings. The molecule has 6 nitrogen and oxygen atoms in total. The van der Waals surface area contributed by atoms with Crippen molar-refractivity contribution >= 4 is 11.8 Å². The number of benzene rings is 1. The highest BCUT2D eigenvalue weighted by atomic mass is 19.4. The Kier molecular flexibility index (Phi) is 3.72. The van der Waals surface area contributed by atoms with Crippen molar-refractivity contribution in [2.75, 3.05) is 0 Å². The number of nitrogens with zero attached hydrogens (tertiary/aromatic N) is 1. The van der Waals surface area contributed by atoms with Crippen LogP contribution < -0.4 is 5.56 Å². The summed E-state index contributed by atoms with van der Waals surface area (Å²) >= 11 is 0. The number of nitrogens with one attached hydrogen (secondary N) is 1. The first-order valence-electron chi connectivity index (χ1n) is 6.68. The fourth-order valence-corrected chi connectivity index (χ4v) is 2.25. The SMILES string of the molecule is O=C1c2ccccc2C(=O)N1OCc1c[nH]c(=O)c(C(F)(F)F)c1. The van der Waals surface area contributed by atoms with E-state index in [4.69, 9.17) is 4.84 Å². The van der Waals surface area contributed by atoms with Crippen molar-refractivity contribution in [2.45, 2.75) is 12.8 Å². The van der Waals surface area contributed by atoms with E-state index in [0.717, 1.165) is 6.20 Å². The predicted molar refractivity (Wildman–Crippen MR) is 73.8 cm³/mol. The molecule has 0 saturated carbocycles. The Morgan fingerprint density at radius 3 is 2.17 bits per heavy atom. The molecule has 2 aromatic rings. The minimum absolute atomic E-state index is 0.0431. The molecule has 2 heterocycles. The van der Waals surface area contributed by atoms with Gasteiger partial charge >= 0.3 is 6.18 Å². The van der Waals surface area contributed by atoms with Gasteiger partial charge in [0.25, 0.3) is 17.4 Å². The van der Waals surface area contributed by atoms with Gasteiger partial charge in [0.15, 0.2) is 0 Å². The summed E-state index contributed by atoms with van der Waals surface area (Å²) in [6.07, 6.45) is -3.80. The molecule has 0 unspecified atom stereocenters. The van der Waals surface area contributed by atoms with E-state index >= 15 is 0 Å². The Bertz CT molecular complexity index is 854. The average Bonchev–Trinajstić information content (AvgIpc) is 2.78. The molecule has 0 bridgehead atoms. The third kappa shape index (κ3) is 2.69. The third-order valence-electron chi connectivity index (χ3n) is 3.39. The van der Waals surface area contributed by atoms with Crippen molar-refractivity contribution in [1.82, 2.24) is 10.0 Å². The predicted octanol–water partition coefficient (Wildman–Crippen LogP) is 2.12. The van der Waals surface area contributed by atoms with Crippen LogP contribution in [-0.2, 0) is 17.6 Å². The number of carbonyl (C=O) groups is 2. The number of hydrogen-bond donors (Lipinski definition) is 1. The van der Waals surface area contributed by atoms with Gasteiger partial charge in [-0.3, -0.25) is 19.2 Å². The Hall–Kier alpha value is -2.94. The van der Waals surface area contributed by atoms with Crippen molar-refractivity contribution in [2.24, 2.45) is 0 Å². The molecule has 0 spiro atoms. The first-order chi connectivity index (χ1) is 11.3. The average molecular weight is 338 g/mol. The summed E-state index contributed by atoms with van der Waals surface area (Å²) in [6.45, 7) is -0.495. The van der Waals surface area contributed by atoms with Crippen LogP contribution in [0.1, 0.15) is 31.8 Å². The summed E-state index contributed by atoms with van der Waals surface area (Å²) in [5.74, 6) is -1.40. The summed E-state index contributed by atoms with van der Waals surface area (Å²) in [7, 11) is 0. The van der Waals surface area contributed by atoms with Crippen LogP contribution in [0.3, 0.4) is 0 Å². The fourth-order valence-electron chi connectivity index (χ4n) is 2.25. The molecule has 0 saturated heterocycles. The number of aromatic amines is 1. The second kappa shape index (κ2) is 5.60. The zero-order valence-electron chi connectivity index (χ0n) is 11.9. The Labute approximate surface area is 132 Å². The highest BCUT2D eigenvalue weighted by Gasteiger charge is 2.37. The lowest BCUT2D eigenvalue weighted by molar-refractivity contribution is -0.139. The largest absolute Gasteiger partial charge is 0.421 e. The number of imide groups is 1. The molecule has 0 fully saturated rings. The van der Waals surface area contributed by atoms with Crippen LogP contribution >= 0.6 is 0 Å². The van der Waals surface area contributed by atoms with Gasteiger partial charge in [0.2, 0.25) is 0 Å². The normalized spacial score (nSPS) is 14.2. The number of carbonyl (C=O) groups excluding carboxylic acids is 2. The number of rotatable bonds is 3. The number of H-pyrrole nitrogens is 1. The first kappa shape index (κ1) is 15.9. The second-order valence-corrected chi connectivity index (χ2v) is 4.97. The van der Waals surface area contributed by atoms with Crippen molar-refractivity contribution in [3.8, 4) is 0 Å². The van der Waals surface area contributed by atoms with E-state index in [-0.39, 0.29) is 16.7 Å². The first-order valence-corrected chi connectivity index (χ1v) is 6.68. The molecule has 0 atom stereocenters. The smallest absolute Gasteiger partial charge is 0.328 e. The molecule has 9 heteroatoms. The van der Waals surface area contributed by atoms with Crippen molar-refractivity contribution in [1.29, 1.82) is 0 Å². The maximum Gasteiger partial charge on any atom is 0.421 e. The maximum atomic E-state index is 12.7. The monoisotopic (exact) mass is 338 g/mol. The fraction of sp³-hybridized carbons (Fsp3) is 0.133. The number of alkyl halides is 3. The van der Waals surface area contributed by atoms with E-state index in [1.807, 2.05) is 4.98 Å². The van der Waals surface area contributed by atoms with Crippen molar-refractivity contribution < 1.29 is 27.6 Å². The van der Waals surface area contributed by atoms with E-state index in [1.165, 1.54) is 12.1 Å². The van der Waals surface area contributed by atoms with Gasteiger partial charge < -0.3 is 4.98 Å². The van der Waals surface area contributed by atoms with Crippen LogP contribution in [0.2, 0.25) is 0 Å². The number of amides is 2. The van der Waals surface area contributed by atoms with Gasteiger partial charge in [-0.15, -0.1) is 5.06 Å². The number of pyridine rings is 1. The van der Waals surface area contributed by atoms with Crippen LogP contribution in [0.4, 0.5) is 13.2 Å². The second-order valence-electron chi connectivity index (χ2n) is 4.97. The molecular formula is C15H9F3N2O4. The Balaban J connectivity index is 1.79. The Morgan fingerprint density at radius 2 is 1.62 bits per heavy atom. The van der Waals surface area contributed by atoms with E-state index in [1.54, 1.807) is 12.1 Å². The van der Waals surface area contributed by atoms with E-state index in [9.17, 15) is 27.6 Å². The van der Waals surface area contributed by atoms with Gasteiger partial charge in [-0.2, -0.15) is 13.2 Å². The maximum absolute atomic E-state index is 12.7. The van der Waals surface area contributed by atoms with Gasteiger partial charge in [0.05, 0.1) is 11.1 Å². The molecule has 1 aliphatic heterocycles. The number of hydrogen-bond acceptors (Lipinski definition) is 4. The van der Waals surface area contributed by atoms with Crippen LogP contribution in [0.15, 0.2) is 41.3 Å². The Morgan fingerprint density at radius 1 is 1.04 bits per heavy atom. The molecule has 0 radical (unpaired) electrons. The molecule has 0 aliphatic carbocycles. The van der Waals surface area contributed by atoms with Crippen LogP contribution in [0, 0.1) is 0 Å². The van der Waals surface area contributed by atoms with Gasteiger partial charge in [0.1, 0.15) is 12.2 Å². The lowest BCUT2D eigenvalue weighted by atomic mass is 10.1. The minimum Gasteiger partial charge on any atom is -0.328 e. The van der Waals surface area contributed by atoms with Crippen molar-refractivity contribution in [3.05, 3.63) is 69.1 Å². The van der Waals surface area contributed by atoms with Crippen LogP contribution in [0.25, 0.3) is 0 Å². The molecule has 24 heavy (non-hydrogen) atoms. The highest BCUT2D eigenvalue weighted by molar-refractivity contribution is 6.20. The number of fused-ring (bicyclic) bond motifs is 1. The molecule has 1 aromatic carbocycles. The molecule has 1 N–H and O–H groups in total. The quantitative estimate of drug-likeness (QED) is 0.870. The standard InChI is InChI=1S/C15H9F3N2O4/c16-15(17,18)11-5-8(6-19-12(11)21)7-24-20-13(22)9-3-1-2-4-10(9)14(20)23/h1-6H,7H2,(H,19,21).